The van der Waals surface area contributed by atoms with Gasteiger partial charge in [-0.05, 0) is 32.4 Å². The first-order chi connectivity index (χ1) is 19.1. The Morgan fingerprint density at radius 2 is 2.08 bits per heavy atom. The highest BCUT2D eigenvalue weighted by molar-refractivity contribution is 6.04. The highest BCUT2D eigenvalue weighted by Crippen LogP contribution is 2.40. The highest BCUT2D eigenvalue weighted by Gasteiger charge is 2.41. The molecular formula is C26H26F3N7O4. The van der Waals surface area contributed by atoms with Gasteiger partial charge in [-0.15, -0.1) is 0 Å². The standard InChI is InChI=1S/C26H26F3N7O4/c1-25(2)39-13-18(40-25)12-38-21-9-20(31-14-32-21)33-24(37)36-17-6-7-35(11-17)19-10-30-22(34-23(19)36)15-4-3-5-16(8-15)26(27,28)29/h3-5,8-10,14,17-18H,6-7,11-13H2,1-2H3,(H,31,32,33,37)/t17-,18+/m0/s1. The Labute approximate surface area is 227 Å². The third kappa shape index (κ3) is 5.23. The number of amides is 2. The summed E-state index contributed by atoms with van der Waals surface area (Å²) in [4.78, 5) is 34.2. The molecule has 210 valence electrons. The number of anilines is 3. The molecule has 11 nitrogen and oxygen atoms in total. The quantitative estimate of drug-likeness (QED) is 0.495. The van der Waals surface area contributed by atoms with Crippen LogP contribution in [-0.4, -0.2) is 70.2 Å². The van der Waals surface area contributed by atoms with Gasteiger partial charge in [0.25, 0.3) is 0 Å². The average Bonchev–Trinajstić information content (AvgIpc) is 3.50. The fourth-order valence-electron chi connectivity index (χ4n) is 5.03. The maximum atomic E-state index is 13.6. The van der Waals surface area contributed by atoms with Crippen LogP contribution in [-0.2, 0) is 15.7 Å². The summed E-state index contributed by atoms with van der Waals surface area (Å²) >= 11 is 0. The van der Waals surface area contributed by atoms with Crippen molar-refractivity contribution in [2.45, 2.75) is 44.4 Å². The van der Waals surface area contributed by atoms with E-state index in [4.69, 9.17) is 14.2 Å². The van der Waals surface area contributed by atoms with Crippen LogP contribution in [0.3, 0.4) is 0 Å². The van der Waals surface area contributed by atoms with Crippen molar-refractivity contribution in [3.63, 3.8) is 0 Å². The molecule has 2 atom stereocenters. The molecule has 0 unspecified atom stereocenters. The van der Waals surface area contributed by atoms with E-state index >= 15 is 0 Å². The van der Waals surface area contributed by atoms with E-state index in [9.17, 15) is 18.0 Å². The lowest BCUT2D eigenvalue weighted by Gasteiger charge is -2.35. The van der Waals surface area contributed by atoms with Gasteiger partial charge in [0.1, 0.15) is 24.9 Å². The van der Waals surface area contributed by atoms with Crippen LogP contribution in [0.15, 0.2) is 42.9 Å². The van der Waals surface area contributed by atoms with E-state index in [-0.39, 0.29) is 41.8 Å². The second-order valence-electron chi connectivity index (χ2n) is 10.2. The van der Waals surface area contributed by atoms with E-state index in [1.807, 2.05) is 13.8 Å². The van der Waals surface area contributed by atoms with E-state index in [2.05, 4.69) is 30.2 Å². The predicted octanol–water partition coefficient (Wildman–Crippen LogP) is 4.11. The van der Waals surface area contributed by atoms with E-state index in [0.717, 1.165) is 12.1 Å². The number of urea groups is 1. The molecule has 1 N–H and O–H groups in total. The Morgan fingerprint density at radius 1 is 1.23 bits per heavy atom. The summed E-state index contributed by atoms with van der Waals surface area (Å²) < 4.78 is 56.9. The molecule has 0 aliphatic carbocycles. The number of fused-ring (bicyclic) bond motifs is 4. The van der Waals surface area contributed by atoms with Gasteiger partial charge in [0.05, 0.1) is 30.1 Å². The van der Waals surface area contributed by atoms with E-state index in [0.29, 0.717) is 37.6 Å². The maximum Gasteiger partial charge on any atom is 0.416 e. The summed E-state index contributed by atoms with van der Waals surface area (Å²) in [7, 11) is 0. The molecule has 3 aliphatic heterocycles. The Hall–Kier alpha value is -4.04. The fourth-order valence-corrected chi connectivity index (χ4v) is 5.03. The van der Waals surface area contributed by atoms with Gasteiger partial charge in [-0.1, -0.05) is 12.1 Å². The minimum absolute atomic E-state index is 0.0872. The fraction of sp³-hybridized carbons (Fsp3) is 0.423. The van der Waals surface area contributed by atoms with Gasteiger partial charge in [0, 0.05) is 24.7 Å². The number of benzene rings is 1. The van der Waals surface area contributed by atoms with Gasteiger partial charge < -0.3 is 19.1 Å². The smallest absolute Gasteiger partial charge is 0.416 e. The normalized spacial score (nSPS) is 21.3. The number of carbonyl (C=O) groups is 1. The number of ether oxygens (including phenoxy) is 3. The molecule has 2 aromatic heterocycles. The SMILES string of the molecule is CC1(C)OC[C@@H](COc2cc(NC(=O)N3c4nc(-c5cccc(C(F)(F)F)c5)ncc4N4CC[C@H]3C4)ncn2)O1. The molecule has 2 bridgehead atoms. The lowest BCUT2D eigenvalue weighted by atomic mass is 10.1. The lowest BCUT2D eigenvalue weighted by molar-refractivity contribution is -0.141. The summed E-state index contributed by atoms with van der Waals surface area (Å²) in [5, 5.41) is 2.78. The van der Waals surface area contributed by atoms with Crippen LogP contribution in [0.2, 0.25) is 0 Å². The van der Waals surface area contributed by atoms with Crippen LogP contribution in [0.4, 0.5) is 35.3 Å². The first-order valence-corrected chi connectivity index (χ1v) is 12.7. The number of hydrogen-bond acceptors (Lipinski definition) is 9. The second-order valence-corrected chi connectivity index (χ2v) is 10.2. The third-order valence-corrected chi connectivity index (χ3v) is 6.88. The molecule has 2 amide bonds. The molecule has 2 saturated heterocycles. The number of aromatic nitrogens is 4. The number of hydrogen-bond donors (Lipinski definition) is 1. The molecule has 40 heavy (non-hydrogen) atoms. The molecule has 6 rings (SSSR count). The van der Waals surface area contributed by atoms with Crippen molar-refractivity contribution in [1.82, 2.24) is 19.9 Å². The van der Waals surface area contributed by atoms with Crippen LogP contribution >= 0.6 is 0 Å². The highest BCUT2D eigenvalue weighted by atomic mass is 19.4. The second kappa shape index (κ2) is 9.86. The topological polar surface area (TPSA) is 115 Å². The molecule has 0 radical (unpaired) electrons. The Morgan fingerprint density at radius 3 is 2.85 bits per heavy atom. The molecule has 0 saturated carbocycles. The molecule has 3 aromatic rings. The zero-order valence-corrected chi connectivity index (χ0v) is 21.7. The summed E-state index contributed by atoms with van der Waals surface area (Å²) in [5.74, 6) is 0.195. The van der Waals surface area contributed by atoms with Crippen molar-refractivity contribution in [3.05, 3.63) is 48.4 Å². The molecular weight excluding hydrogens is 531 g/mol. The number of nitrogens with zero attached hydrogens (tertiary/aromatic N) is 6. The van der Waals surface area contributed by atoms with E-state index in [1.165, 1.54) is 29.4 Å². The number of alkyl halides is 3. The average molecular weight is 558 g/mol. The Bertz CT molecular complexity index is 1440. The molecule has 3 aliphatic rings. The summed E-state index contributed by atoms with van der Waals surface area (Å²) in [6.07, 6.45) is -1.25. The molecule has 2 fully saturated rings. The predicted molar refractivity (Wildman–Crippen MR) is 137 cm³/mol. The molecule has 14 heteroatoms. The zero-order chi connectivity index (χ0) is 28.1. The number of rotatable bonds is 5. The first-order valence-electron chi connectivity index (χ1n) is 12.7. The van der Waals surface area contributed by atoms with Gasteiger partial charge in [-0.2, -0.15) is 13.2 Å². The van der Waals surface area contributed by atoms with Gasteiger partial charge in [-0.3, -0.25) is 10.2 Å². The van der Waals surface area contributed by atoms with Crippen molar-refractivity contribution in [3.8, 4) is 17.3 Å². The van der Waals surface area contributed by atoms with Crippen LogP contribution in [0, 0.1) is 0 Å². The van der Waals surface area contributed by atoms with Crippen LogP contribution in [0.5, 0.6) is 5.88 Å². The number of carbonyl (C=O) groups excluding carboxylic acids is 1. The monoisotopic (exact) mass is 557 g/mol. The molecule has 1 aromatic carbocycles. The lowest BCUT2D eigenvalue weighted by Crippen LogP contribution is -2.48. The number of nitrogens with one attached hydrogen (secondary N) is 1. The van der Waals surface area contributed by atoms with Crippen molar-refractivity contribution in [1.29, 1.82) is 0 Å². The van der Waals surface area contributed by atoms with Crippen molar-refractivity contribution >= 4 is 23.4 Å². The van der Waals surface area contributed by atoms with Gasteiger partial charge in [-0.25, -0.2) is 24.7 Å². The minimum atomic E-state index is -4.50. The summed E-state index contributed by atoms with van der Waals surface area (Å²) in [6.45, 7) is 5.52. The maximum absolute atomic E-state index is 13.6. The van der Waals surface area contributed by atoms with Crippen LogP contribution in [0.1, 0.15) is 25.8 Å². The molecule has 5 heterocycles. The third-order valence-electron chi connectivity index (χ3n) is 6.88. The Balaban J connectivity index is 1.22. The zero-order valence-electron chi connectivity index (χ0n) is 21.7. The van der Waals surface area contributed by atoms with E-state index < -0.39 is 23.6 Å². The summed E-state index contributed by atoms with van der Waals surface area (Å²) in [6, 6.07) is 5.63. The van der Waals surface area contributed by atoms with Crippen molar-refractivity contribution in [2.24, 2.45) is 0 Å². The Kier molecular flexibility index (Phi) is 6.45. The minimum Gasteiger partial charge on any atom is -0.475 e. The van der Waals surface area contributed by atoms with E-state index in [1.54, 1.807) is 6.20 Å². The van der Waals surface area contributed by atoms with Crippen LogP contribution in [0.25, 0.3) is 11.4 Å². The first kappa shape index (κ1) is 26.2. The van der Waals surface area contributed by atoms with Crippen LogP contribution < -0.4 is 19.9 Å². The largest absolute Gasteiger partial charge is 0.475 e. The van der Waals surface area contributed by atoms with Gasteiger partial charge in [0.15, 0.2) is 17.4 Å². The molecule has 0 spiro atoms. The van der Waals surface area contributed by atoms with Crippen molar-refractivity contribution in [2.75, 3.05) is 41.4 Å². The van der Waals surface area contributed by atoms with Crippen molar-refractivity contribution < 1.29 is 32.2 Å². The van der Waals surface area contributed by atoms with Gasteiger partial charge in [0.2, 0.25) is 5.88 Å². The summed E-state index contributed by atoms with van der Waals surface area (Å²) in [5.41, 5.74) is 0.0267. The van der Waals surface area contributed by atoms with Gasteiger partial charge >= 0.3 is 12.2 Å². The number of halogens is 3.